The SMILES string of the molecule is CC(N)CCCCN1CCS(=O)(=O)CC1. The third-order valence-corrected chi connectivity index (χ3v) is 4.43. The van der Waals surface area contributed by atoms with Crippen molar-refractivity contribution in [2.24, 2.45) is 5.73 Å². The summed E-state index contributed by atoms with van der Waals surface area (Å²) in [5, 5.41) is 0. The van der Waals surface area contributed by atoms with Crippen LogP contribution in [-0.2, 0) is 9.84 Å². The first-order valence-electron chi connectivity index (χ1n) is 5.68. The van der Waals surface area contributed by atoms with Crippen molar-refractivity contribution in [3.05, 3.63) is 0 Å². The van der Waals surface area contributed by atoms with Gasteiger partial charge < -0.3 is 10.6 Å². The molecule has 5 heteroatoms. The molecule has 0 aromatic rings. The molecule has 90 valence electrons. The average molecular weight is 234 g/mol. The fourth-order valence-corrected chi connectivity index (χ4v) is 3.05. The van der Waals surface area contributed by atoms with Gasteiger partial charge in [-0.3, -0.25) is 0 Å². The second-order valence-corrected chi connectivity index (χ2v) is 6.77. The Labute approximate surface area is 92.7 Å². The molecule has 2 N–H and O–H groups in total. The molecule has 0 bridgehead atoms. The van der Waals surface area contributed by atoms with E-state index in [-0.39, 0.29) is 6.04 Å². The zero-order valence-electron chi connectivity index (χ0n) is 9.48. The van der Waals surface area contributed by atoms with E-state index in [9.17, 15) is 8.42 Å². The first-order valence-corrected chi connectivity index (χ1v) is 7.50. The number of nitrogens with zero attached hydrogens (tertiary/aromatic N) is 1. The molecule has 0 spiro atoms. The Kier molecular flexibility index (Phi) is 5.02. The fraction of sp³-hybridized carbons (Fsp3) is 1.00. The molecule has 1 atom stereocenters. The smallest absolute Gasteiger partial charge is 0.152 e. The number of sulfone groups is 1. The normalized spacial score (nSPS) is 23.9. The minimum Gasteiger partial charge on any atom is -0.328 e. The molecule has 15 heavy (non-hydrogen) atoms. The van der Waals surface area contributed by atoms with Gasteiger partial charge >= 0.3 is 0 Å². The van der Waals surface area contributed by atoms with Gasteiger partial charge in [0, 0.05) is 19.1 Å². The lowest BCUT2D eigenvalue weighted by Crippen LogP contribution is -2.40. The average Bonchev–Trinajstić information content (AvgIpc) is 2.14. The minimum absolute atomic E-state index is 0.284. The van der Waals surface area contributed by atoms with Crippen LogP contribution in [0.4, 0.5) is 0 Å². The van der Waals surface area contributed by atoms with Gasteiger partial charge in [-0.25, -0.2) is 8.42 Å². The summed E-state index contributed by atoms with van der Waals surface area (Å²) >= 11 is 0. The van der Waals surface area contributed by atoms with E-state index in [4.69, 9.17) is 5.73 Å². The van der Waals surface area contributed by atoms with Crippen LogP contribution in [0.5, 0.6) is 0 Å². The van der Waals surface area contributed by atoms with Gasteiger partial charge in [0.25, 0.3) is 0 Å². The van der Waals surface area contributed by atoms with E-state index in [1.54, 1.807) is 0 Å². The molecule has 4 nitrogen and oxygen atoms in total. The summed E-state index contributed by atoms with van der Waals surface area (Å²) < 4.78 is 22.3. The van der Waals surface area contributed by atoms with Gasteiger partial charge in [-0.2, -0.15) is 0 Å². The highest BCUT2D eigenvalue weighted by Gasteiger charge is 2.20. The molecule has 0 saturated carbocycles. The van der Waals surface area contributed by atoms with Gasteiger partial charge in [0.2, 0.25) is 0 Å². The largest absolute Gasteiger partial charge is 0.328 e. The number of nitrogens with two attached hydrogens (primary N) is 1. The molecule has 0 amide bonds. The molecule has 1 unspecified atom stereocenters. The summed E-state index contributed by atoms with van der Waals surface area (Å²) in [7, 11) is -2.72. The van der Waals surface area contributed by atoms with Crippen LogP contribution in [0, 0.1) is 0 Å². The molecule has 1 rings (SSSR count). The van der Waals surface area contributed by atoms with Crippen molar-refractivity contribution in [1.82, 2.24) is 4.90 Å². The Morgan fingerprint density at radius 3 is 2.40 bits per heavy atom. The van der Waals surface area contributed by atoms with Crippen LogP contribution >= 0.6 is 0 Å². The van der Waals surface area contributed by atoms with E-state index in [2.05, 4.69) is 4.90 Å². The van der Waals surface area contributed by atoms with Crippen LogP contribution in [0.15, 0.2) is 0 Å². The lowest BCUT2D eigenvalue weighted by Gasteiger charge is -2.26. The minimum atomic E-state index is -2.72. The number of hydrogen-bond acceptors (Lipinski definition) is 4. The maximum absolute atomic E-state index is 11.2. The molecule has 1 aliphatic heterocycles. The van der Waals surface area contributed by atoms with Crippen LogP contribution in [0.25, 0.3) is 0 Å². The highest BCUT2D eigenvalue weighted by molar-refractivity contribution is 7.91. The number of rotatable bonds is 5. The van der Waals surface area contributed by atoms with Gasteiger partial charge in [-0.15, -0.1) is 0 Å². The quantitative estimate of drug-likeness (QED) is 0.692. The summed E-state index contributed by atoms with van der Waals surface area (Å²) in [5.74, 6) is 0.667. The summed E-state index contributed by atoms with van der Waals surface area (Å²) in [6.45, 7) is 4.46. The van der Waals surface area contributed by atoms with Crippen molar-refractivity contribution in [3.8, 4) is 0 Å². The highest BCUT2D eigenvalue weighted by atomic mass is 32.2. The Morgan fingerprint density at radius 1 is 1.27 bits per heavy atom. The number of hydrogen-bond donors (Lipinski definition) is 1. The zero-order valence-corrected chi connectivity index (χ0v) is 10.3. The summed E-state index contributed by atoms with van der Waals surface area (Å²) in [4.78, 5) is 2.24. The van der Waals surface area contributed by atoms with Crippen molar-refractivity contribution in [2.75, 3.05) is 31.1 Å². The van der Waals surface area contributed by atoms with Crippen molar-refractivity contribution in [1.29, 1.82) is 0 Å². The van der Waals surface area contributed by atoms with Crippen molar-refractivity contribution < 1.29 is 8.42 Å². The molecule has 0 aromatic carbocycles. The molecular formula is C10H22N2O2S. The maximum atomic E-state index is 11.2. The topological polar surface area (TPSA) is 63.4 Å². The summed E-state index contributed by atoms with van der Waals surface area (Å²) in [6, 6.07) is 0.284. The zero-order chi connectivity index (χ0) is 11.3. The van der Waals surface area contributed by atoms with Gasteiger partial charge in [-0.1, -0.05) is 6.42 Å². The molecule has 0 radical (unpaired) electrons. The van der Waals surface area contributed by atoms with Crippen molar-refractivity contribution in [2.45, 2.75) is 32.2 Å². The molecular weight excluding hydrogens is 212 g/mol. The maximum Gasteiger partial charge on any atom is 0.152 e. The van der Waals surface area contributed by atoms with Gasteiger partial charge in [0.05, 0.1) is 11.5 Å². The monoisotopic (exact) mass is 234 g/mol. The fourth-order valence-electron chi connectivity index (χ4n) is 1.78. The molecule has 1 heterocycles. The standard InChI is InChI=1S/C10H22N2O2S/c1-10(11)4-2-3-5-12-6-8-15(13,14)9-7-12/h10H,2-9,11H2,1H3. The summed E-state index contributed by atoms with van der Waals surface area (Å²) in [6.07, 6.45) is 3.33. The third-order valence-electron chi connectivity index (χ3n) is 2.82. The van der Waals surface area contributed by atoms with Crippen molar-refractivity contribution >= 4 is 9.84 Å². The third kappa shape index (κ3) is 5.49. The second-order valence-electron chi connectivity index (χ2n) is 4.47. The van der Waals surface area contributed by atoms with Crippen LogP contribution in [0.2, 0.25) is 0 Å². The van der Waals surface area contributed by atoms with E-state index in [1.165, 1.54) is 0 Å². The van der Waals surface area contributed by atoms with Gasteiger partial charge in [-0.05, 0) is 26.3 Å². The van der Waals surface area contributed by atoms with E-state index >= 15 is 0 Å². The Hall–Kier alpha value is -0.130. The first kappa shape index (κ1) is 12.9. The molecule has 1 fully saturated rings. The molecule has 0 aromatic heterocycles. The number of unbranched alkanes of at least 4 members (excludes halogenated alkanes) is 1. The van der Waals surface area contributed by atoms with E-state index in [1.807, 2.05) is 6.92 Å². The van der Waals surface area contributed by atoms with Crippen molar-refractivity contribution in [3.63, 3.8) is 0 Å². The Morgan fingerprint density at radius 2 is 1.87 bits per heavy atom. The highest BCUT2D eigenvalue weighted by Crippen LogP contribution is 2.06. The molecule has 0 aliphatic carbocycles. The second kappa shape index (κ2) is 5.82. The Bertz CT molecular complexity index is 261. The van der Waals surface area contributed by atoms with E-state index < -0.39 is 9.84 Å². The van der Waals surface area contributed by atoms with Crippen LogP contribution < -0.4 is 5.73 Å². The van der Waals surface area contributed by atoms with Gasteiger partial charge in [0.15, 0.2) is 9.84 Å². The van der Waals surface area contributed by atoms with Crippen LogP contribution in [-0.4, -0.2) is 50.5 Å². The van der Waals surface area contributed by atoms with Crippen LogP contribution in [0.3, 0.4) is 0 Å². The van der Waals surface area contributed by atoms with E-state index in [0.717, 1.165) is 25.8 Å². The lowest BCUT2D eigenvalue weighted by molar-refractivity contribution is 0.287. The van der Waals surface area contributed by atoms with Crippen LogP contribution in [0.1, 0.15) is 26.2 Å². The van der Waals surface area contributed by atoms with Gasteiger partial charge in [0.1, 0.15) is 0 Å². The summed E-state index contributed by atoms with van der Waals surface area (Å²) in [5.41, 5.74) is 5.65. The predicted octanol–water partition coefficient (Wildman–Crippen LogP) is 0.234. The lowest BCUT2D eigenvalue weighted by atomic mass is 10.1. The Balaban J connectivity index is 2.09. The molecule has 1 saturated heterocycles. The predicted molar refractivity (Wildman–Crippen MR) is 62.6 cm³/mol. The van der Waals surface area contributed by atoms with E-state index in [0.29, 0.717) is 24.6 Å². The molecule has 1 aliphatic rings. The first-order chi connectivity index (χ1) is 6.99.